The van der Waals surface area contributed by atoms with Gasteiger partial charge >= 0.3 is 0 Å². The Labute approximate surface area is 170 Å². The van der Waals surface area contributed by atoms with Crippen LogP contribution >= 0.6 is 0 Å². The lowest BCUT2D eigenvalue weighted by Gasteiger charge is -2.32. The zero-order valence-corrected chi connectivity index (χ0v) is 18.3. The van der Waals surface area contributed by atoms with Crippen molar-refractivity contribution in [2.75, 3.05) is 39.4 Å². The molecule has 2 N–H and O–H groups in total. The number of guanidine groups is 1. The number of aliphatic imine (C=N–C) groups is 1. The molecule has 1 heterocycles. The van der Waals surface area contributed by atoms with E-state index in [0.29, 0.717) is 19.2 Å². The molecule has 6 heteroatoms. The lowest BCUT2D eigenvalue weighted by Crippen LogP contribution is -2.49. The van der Waals surface area contributed by atoms with E-state index in [4.69, 9.17) is 14.5 Å². The van der Waals surface area contributed by atoms with Crippen molar-refractivity contribution in [3.63, 3.8) is 0 Å². The first-order chi connectivity index (χ1) is 13.4. The number of rotatable bonds is 8. The van der Waals surface area contributed by atoms with Crippen LogP contribution in [0.25, 0.3) is 0 Å². The van der Waals surface area contributed by atoms with Gasteiger partial charge < -0.3 is 20.1 Å². The van der Waals surface area contributed by atoms with Gasteiger partial charge in [0.15, 0.2) is 5.96 Å². The van der Waals surface area contributed by atoms with Crippen LogP contribution in [0.15, 0.2) is 29.3 Å². The number of morpholine rings is 1. The van der Waals surface area contributed by atoms with Crippen molar-refractivity contribution in [1.29, 1.82) is 0 Å². The summed E-state index contributed by atoms with van der Waals surface area (Å²) < 4.78 is 11.3. The van der Waals surface area contributed by atoms with Gasteiger partial charge in [0.1, 0.15) is 0 Å². The monoisotopic (exact) mass is 390 g/mol. The summed E-state index contributed by atoms with van der Waals surface area (Å²) in [5.41, 5.74) is 2.24. The third-order valence-electron chi connectivity index (χ3n) is 4.66. The van der Waals surface area contributed by atoms with E-state index in [-0.39, 0.29) is 5.60 Å². The second kappa shape index (κ2) is 11.4. The number of nitrogens with zero attached hydrogens (tertiary/aromatic N) is 2. The summed E-state index contributed by atoms with van der Waals surface area (Å²) in [6.07, 6.45) is 0. The first-order valence-electron chi connectivity index (χ1n) is 10.4. The molecule has 0 radical (unpaired) electrons. The van der Waals surface area contributed by atoms with E-state index < -0.39 is 0 Å². The van der Waals surface area contributed by atoms with Gasteiger partial charge in [0.25, 0.3) is 0 Å². The van der Waals surface area contributed by atoms with E-state index in [2.05, 4.69) is 74.4 Å². The topological polar surface area (TPSA) is 58.1 Å². The molecule has 0 saturated carbocycles. The van der Waals surface area contributed by atoms with E-state index in [1.54, 1.807) is 0 Å². The molecule has 0 aromatic heterocycles. The fourth-order valence-corrected chi connectivity index (χ4v) is 3.02. The van der Waals surface area contributed by atoms with E-state index in [9.17, 15) is 0 Å². The minimum atomic E-state index is -0.131. The van der Waals surface area contributed by atoms with Crippen molar-refractivity contribution in [2.45, 2.75) is 59.4 Å². The Morgan fingerprint density at radius 2 is 1.93 bits per heavy atom. The zero-order chi connectivity index (χ0) is 20.4. The van der Waals surface area contributed by atoms with Crippen molar-refractivity contribution in [3.8, 4) is 0 Å². The summed E-state index contributed by atoms with van der Waals surface area (Å²) in [5.74, 6) is 0.860. The lowest BCUT2D eigenvalue weighted by molar-refractivity contribution is -0.0149. The molecule has 158 valence electrons. The molecule has 0 amide bonds. The largest absolute Gasteiger partial charge is 0.379 e. The van der Waals surface area contributed by atoms with Crippen molar-refractivity contribution < 1.29 is 9.47 Å². The molecule has 1 saturated heterocycles. The van der Waals surface area contributed by atoms with Gasteiger partial charge in [0, 0.05) is 32.2 Å². The highest BCUT2D eigenvalue weighted by molar-refractivity contribution is 5.79. The second-order valence-electron chi connectivity index (χ2n) is 8.29. The maximum absolute atomic E-state index is 5.88. The van der Waals surface area contributed by atoms with Crippen LogP contribution in [0.2, 0.25) is 0 Å². The standard InChI is InChI=1S/C22H38N4O2/c1-6-23-21(24-15-18(2)26-10-12-27-13-11-26)25-16-19-8-7-9-20(14-19)17-28-22(3,4)5/h7-9,14,18H,6,10-13,15-17H2,1-5H3,(H2,23,24,25). The Bertz CT molecular complexity index is 607. The molecule has 1 atom stereocenters. The Morgan fingerprint density at radius 1 is 1.21 bits per heavy atom. The minimum Gasteiger partial charge on any atom is -0.379 e. The van der Waals surface area contributed by atoms with Gasteiger partial charge in [-0.05, 0) is 45.7 Å². The molecular formula is C22H38N4O2. The molecule has 1 aliphatic rings. The van der Waals surface area contributed by atoms with Crippen LogP contribution in [0.4, 0.5) is 0 Å². The fraction of sp³-hybridized carbons (Fsp3) is 0.682. The van der Waals surface area contributed by atoms with Gasteiger partial charge in [-0.1, -0.05) is 24.3 Å². The maximum Gasteiger partial charge on any atom is 0.191 e. The van der Waals surface area contributed by atoms with Gasteiger partial charge in [-0.15, -0.1) is 0 Å². The fourth-order valence-electron chi connectivity index (χ4n) is 3.02. The van der Waals surface area contributed by atoms with Crippen LogP contribution in [-0.4, -0.2) is 61.9 Å². The molecule has 2 rings (SSSR count). The van der Waals surface area contributed by atoms with Crippen LogP contribution in [-0.2, 0) is 22.6 Å². The van der Waals surface area contributed by atoms with E-state index in [0.717, 1.165) is 45.4 Å². The maximum atomic E-state index is 5.88. The van der Waals surface area contributed by atoms with Crippen molar-refractivity contribution in [2.24, 2.45) is 4.99 Å². The smallest absolute Gasteiger partial charge is 0.191 e. The summed E-state index contributed by atoms with van der Waals surface area (Å²) in [4.78, 5) is 7.22. The molecule has 1 unspecified atom stereocenters. The Hall–Kier alpha value is -1.63. The molecule has 0 spiro atoms. The number of hydrogen-bond acceptors (Lipinski definition) is 4. The van der Waals surface area contributed by atoms with Crippen LogP contribution in [0, 0.1) is 0 Å². The summed E-state index contributed by atoms with van der Waals surface area (Å²) >= 11 is 0. The third kappa shape index (κ3) is 8.59. The van der Waals surface area contributed by atoms with Gasteiger partial charge in [-0.3, -0.25) is 4.90 Å². The van der Waals surface area contributed by atoms with Gasteiger partial charge in [-0.2, -0.15) is 0 Å². The highest BCUT2D eigenvalue weighted by Crippen LogP contribution is 2.13. The predicted molar refractivity (Wildman–Crippen MR) is 116 cm³/mol. The van der Waals surface area contributed by atoms with Gasteiger partial charge in [-0.25, -0.2) is 4.99 Å². The number of nitrogens with one attached hydrogen (secondary N) is 2. The van der Waals surface area contributed by atoms with Crippen LogP contribution in [0.5, 0.6) is 0 Å². The Kier molecular flexibility index (Phi) is 9.22. The van der Waals surface area contributed by atoms with Crippen molar-refractivity contribution in [1.82, 2.24) is 15.5 Å². The Balaban J connectivity index is 1.88. The average Bonchev–Trinajstić information content (AvgIpc) is 2.69. The number of benzene rings is 1. The minimum absolute atomic E-state index is 0.131. The van der Waals surface area contributed by atoms with E-state index in [1.165, 1.54) is 11.1 Å². The van der Waals surface area contributed by atoms with Crippen molar-refractivity contribution in [3.05, 3.63) is 35.4 Å². The molecular weight excluding hydrogens is 352 g/mol. The zero-order valence-electron chi connectivity index (χ0n) is 18.3. The average molecular weight is 391 g/mol. The number of ether oxygens (including phenoxy) is 2. The SMILES string of the molecule is CCNC(=NCc1cccc(COC(C)(C)C)c1)NCC(C)N1CCOCC1. The van der Waals surface area contributed by atoms with E-state index in [1.807, 2.05) is 0 Å². The van der Waals surface area contributed by atoms with Gasteiger partial charge in [0.2, 0.25) is 0 Å². The summed E-state index contributed by atoms with van der Waals surface area (Å²) in [6, 6.07) is 8.92. The summed E-state index contributed by atoms with van der Waals surface area (Å²) in [7, 11) is 0. The molecule has 28 heavy (non-hydrogen) atoms. The molecule has 1 aromatic rings. The Morgan fingerprint density at radius 3 is 2.61 bits per heavy atom. The molecule has 6 nitrogen and oxygen atoms in total. The van der Waals surface area contributed by atoms with Crippen LogP contribution in [0.3, 0.4) is 0 Å². The first kappa shape index (κ1) is 22.7. The second-order valence-corrected chi connectivity index (χ2v) is 8.29. The highest BCUT2D eigenvalue weighted by Gasteiger charge is 2.17. The van der Waals surface area contributed by atoms with E-state index >= 15 is 0 Å². The quantitative estimate of drug-likeness (QED) is 0.528. The normalized spacial score (nSPS) is 17.4. The first-order valence-corrected chi connectivity index (χ1v) is 10.4. The molecule has 0 bridgehead atoms. The molecule has 0 aliphatic carbocycles. The van der Waals surface area contributed by atoms with Crippen molar-refractivity contribution >= 4 is 5.96 Å². The van der Waals surface area contributed by atoms with Crippen LogP contribution < -0.4 is 10.6 Å². The van der Waals surface area contributed by atoms with Crippen LogP contribution in [0.1, 0.15) is 45.7 Å². The lowest BCUT2D eigenvalue weighted by atomic mass is 10.1. The molecule has 1 aromatic carbocycles. The number of hydrogen-bond donors (Lipinski definition) is 2. The summed E-state index contributed by atoms with van der Waals surface area (Å²) in [6.45, 7) is 17.2. The summed E-state index contributed by atoms with van der Waals surface area (Å²) in [5, 5.41) is 6.82. The highest BCUT2D eigenvalue weighted by atomic mass is 16.5. The molecule has 1 fully saturated rings. The third-order valence-corrected chi connectivity index (χ3v) is 4.66. The van der Waals surface area contributed by atoms with Gasteiger partial charge in [0.05, 0.1) is 32.0 Å². The molecule has 1 aliphatic heterocycles. The predicted octanol–water partition coefficient (Wildman–Crippen LogP) is 2.78.